The van der Waals surface area contributed by atoms with Gasteiger partial charge in [0.05, 0.1) is 24.7 Å². The largest absolute Gasteiger partial charge is 0.356 e. The van der Waals surface area contributed by atoms with Gasteiger partial charge in [-0.2, -0.15) is 5.10 Å². The van der Waals surface area contributed by atoms with Gasteiger partial charge in [-0.25, -0.2) is 5.84 Å². The highest BCUT2D eigenvalue weighted by molar-refractivity contribution is 5.78. The fourth-order valence-electron chi connectivity index (χ4n) is 1.52. The molecule has 0 atom stereocenters. The fourth-order valence-corrected chi connectivity index (χ4v) is 1.52. The first kappa shape index (κ1) is 10.6. The van der Waals surface area contributed by atoms with E-state index in [0.717, 1.165) is 10.9 Å². The molecule has 0 aliphatic rings. The Bertz CT molecular complexity index is 494. The lowest BCUT2D eigenvalue weighted by Crippen LogP contribution is -2.26. The number of aromatic nitrogens is 2. The molecule has 0 aliphatic heterocycles. The van der Waals surface area contributed by atoms with Crippen LogP contribution in [-0.2, 0) is 16.2 Å². The van der Waals surface area contributed by atoms with Gasteiger partial charge in [0.1, 0.15) is 0 Å². The van der Waals surface area contributed by atoms with E-state index in [9.17, 15) is 4.79 Å². The first-order valence-electron chi connectivity index (χ1n) is 4.87. The van der Waals surface area contributed by atoms with Crippen LogP contribution in [0.15, 0.2) is 30.5 Å². The van der Waals surface area contributed by atoms with Gasteiger partial charge < -0.3 is 4.84 Å². The van der Waals surface area contributed by atoms with Gasteiger partial charge in [0.25, 0.3) is 0 Å². The van der Waals surface area contributed by atoms with E-state index in [1.807, 2.05) is 29.9 Å². The van der Waals surface area contributed by atoms with E-state index in [2.05, 4.69) is 9.94 Å². The number of hydrazine groups is 1. The average molecular weight is 220 g/mol. The van der Waals surface area contributed by atoms with Crippen molar-refractivity contribution < 1.29 is 9.63 Å². The summed E-state index contributed by atoms with van der Waals surface area (Å²) < 4.78 is 1.76. The minimum absolute atomic E-state index is 0.218. The Morgan fingerprint density at radius 2 is 2.31 bits per heavy atom. The molecule has 1 heterocycles. The number of aryl methyl sites for hydroxylation is 1. The SMILES string of the molecule is NNOC(=O)CCn1ncc2ccccc21. The van der Waals surface area contributed by atoms with Gasteiger partial charge in [-0.1, -0.05) is 23.8 Å². The van der Waals surface area contributed by atoms with Crippen LogP contribution in [0.3, 0.4) is 0 Å². The third kappa shape index (κ3) is 2.18. The number of para-hydroxylation sites is 1. The molecule has 6 heteroatoms. The molecule has 0 amide bonds. The Kier molecular flexibility index (Phi) is 3.13. The van der Waals surface area contributed by atoms with Crippen molar-refractivity contribution in [3.05, 3.63) is 30.5 Å². The molecule has 2 rings (SSSR count). The van der Waals surface area contributed by atoms with Crippen molar-refractivity contribution in [2.45, 2.75) is 13.0 Å². The number of nitrogens with one attached hydrogen (secondary N) is 1. The minimum Gasteiger partial charge on any atom is -0.356 e. The Morgan fingerprint density at radius 3 is 3.12 bits per heavy atom. The van der Waals surface area contributed by atoms with E-state index < -0.39 is 5.97 Å². The van der Waals surface area contributed by atoms with Crippen LogP contribution in [0.5, 0.6) is 0 Å². The summed E-state index contributed by atoms with van der Waals surface area (Å²) in [6.45, 7) is 0.466. The maximum absolute atomic E-state index is 11.1. The van der Waals surface area contributed by atoms with Crippen LogP contribution in [0.4, 0.5) is 0 Å². The molecule has 0 fully saturated rings. The predicted molar refractivity (Wildman–Crippen MR) is 57.8 cm³/mol. The number of hydrogen-bond donors (Lipinski definition) is 2. The van der Waals surface area contributed by atoms with Crippen LogP contribution in [0.1, 0.15) is 6.42 Å². The molecule has 0 bridgehead atoms. The van der Waals surface area contributed by atoms with Crippen molar-refractivity contribution in [3.63, 3.8) is 0 Å². The van der Waals surface area contributed by atoms with Crippen molar-refractivity contribution in [3.8, 4) is 0 Å². The zero-order valence-corrected chi connectivity index (χ0v) is 8.59. The maximum atomic E-state index is 11.1. The van der Waals surface area contributed by atoms with Crippen molar-refractivity contribution in [1.82, 2.24) is 15.4 Å². The van der Waals surface area contributed by atoms with Crippen molar-refractivity contribution >= 4 is 16.9 Å². The molecule has 3 N–H and O–H groups in total. The first-order valence-corrected chi connectivity index (χ1v) is 4.87. The van der Waals surface area contributed by atoms with E-state index in [-0.39, 0.29) is 6.42 Å². The quantitative estimate of drug-likeness (QED) is 0.573. The molecular weight excluding hydrogens is 208 g/mol. The van der Waals surface area contributed by atoms with Gasteiger partial charge >= 0.3 is 5.97 Å². The van der Waals surface area contributed by atoms with Crippen LogP contribution in [0.25, 0.3) is 10.9 Å². The lowest BCUT2D eigenvalue weighted by Gasteiger charge is -2.03. The van der Waals surface area contributed by atoms with E-state index >= 15 is 0 Å². The summed E-state index contributed by atoms with van der Waals surface area (Å²) in [4.78, 5) is 15.5. The number of rotatable bonds is 4. The van der Waals surface area contributed by atoms with Crippen molar-refractivity contribution in [2.75, 3.05) is 0 Å². The van der Waals surface area contributed by atoms with Crippen LogP contribution < -0.4 is 11.4 Å². The third-order valence-electron chi connectivity index (χ3n) is 2.25. The van der Waals surface area contributed by atoms with Gasteiger partial charge in [-0.15, -0.1) is 0 Å². The molecule has 84 valence electrons. The molecule has 0 aliphatic carbocycles. The normalized spacial score (nSPS) is 10.6. The van der Waals surface area contributed by atoms with Gasteiger partial charge in [0, 0.05) is 5.39 Å². The highest BCUT2D eigenvalue weighted by Crippen LogP contribution is 2.12. The Morgan fingerprint density at radius 1 is 1.50 bits per heavy atom. The first-order chi connectivity index (χ1) is 7.81. The van der Waals surface area contributed by atoms with Crippen molar-refractivity contribution in [1.29, 1.82) is 0 Å². The second-order valence-electron chi connectivity index (χ2n) is 3.27. The van der Waals surface area contributed by atoms with Gasteiger partial charge in [0.2, 0.25) is 0 Å². The summed E-state index contributed by atoms with van der Waals surface area (Å²) in [5, 5.41) is 5.23. The zero-order chi connectivity index (χ0) is 11.4. The van der Waals surface area contributed by atoms with Gasteiger partial charge in [-0.05, 0) is 6.07 Å². The number of fused-ring (bicyclic) bond motifs is 1. The van der Waals surface area contributed by atoms with Crippen LogP contribution in [0, 0.1) is 0 Å². The molecular formula is C10H12N4O2. The summed E-state index contributed by atoms with van der Waals surface area (Å²) in [6, 6.07) is 7.80. The Balaban J connectivity index is 2.07. The summed E-state index contributed by atoms with van der Waals surface area (Å²) >= 11 is 0. The Hall–Kier alpha value is -1.92. The smallest absolute Gasteiger partial charge is 0.328 e. The standard InChI is InChI=1S/C10H12N4O2/c11-13-16-10(15)5-6-14-9-4-2-1-3-8(9)7-12-14/h1-4,7,13H,5-6,11H2. The highest BCUT2D eigenvalue weighted by Gasteiger charge is 2.05. The number of hydrogen-bond acceptors (Lipinski definition) is 5. The lowest BCUT2D eigenvalue weighted by molar-refractivity contribution is -0.151. The molecule has 0 saturated carbocycles. The highest BCUT2D eigenvalue weighted by atomic mass is 16.7. The fraction of sp³-hybridized carbons (Fsp3) is 0.200. The summed E-state index contributed by atoms with van der Waals surface area (Å²) in [5.74, 6) is 4.44. The van der Waals surface area contributed by atoms with Crippen LogP contribution in [0.2, 0.25) is 0 Å². The summed E-state index contributed by atoms with van der Waals surface area (Å²) in [6.07, 6.45) is 1.98. The molecule has 0 spiro atoms. The minimum atomic E-state index is -0.415. The van der Waals surface area contributed by atoms with E-state index in [0.29, 0.717) is 6.54 Å². The summed E-state index contributed by atoms with van der Waals surface area (Å²) in [7, 11) is 0. The number of nitrogens with zero attached hydrogens (tertiary/aromatic N) is 2. The molecule has 0 saturated heterocycles. The topological polar surface area (TPSA) is 82.2 Å². The monoisotopic (exact) mass is 220 g/mol. The molecule has 6 nitrogen and oxygen atoms in total. The summed E-state index contributed by atoms with van der Waals surface area (Å²) in [5.41, 5.74) is 2.85. The van der Waals surface area contributed by atoms with Crippen molar-refractivity contribution in [2.24, 2.45) is 5.84 Å². The average Bonchev–Trinajstić information content (AvgIpc) is 2.70. The maximum Gasteiger partial charge on any atom is 0.328 e. The lowest BCUT2D eigenvalue weighted by atomic mass is 10.2. The molecule has 0 unspecified atom stereocenters. The molecule has 16 heavy (non-hydrogen) atoms. The van der Waals surface area contributed by atoms with Crippen LogP contribution in [-0.4, -0.2) is 15.7 Å². The van der Waals surface area contributed by atoms with E-state index in [4.69, 9.17) is 5.84 Å². The second kappa shape index (κ2) is 4.73. The number of carbonyl (C=O) groups excluding carboxylic acids is 1. The van der Waals surface area contributed by atoms with Crippen LogP contribution >= 0.6 is 0 Å². The molecule has 1 aromatic heterocycles. The zero-order valence-electron chi connectivity index (χ0n) is 8.59. The molecule has 1 aromatic carbocycles. The molecule has 2 aromatic rings. The number of carbonyl (C=O) groups is 1. The van der Waals surface area contributed by atoms with Gasteiger partial charge in [0.15, 0.2) is 0 Å². The van der Waals surface area contributed by atoms with Gasteiger partial charge in [-0.3, -0.25) is 9.48 Å². The predicted octanol–water partition coefficient (Wildman–Crippen LogP) is 0.348. The van der Waals surface area contributed by atoms with E-state index in [1.165, 1.54) is 0 Å². The Labute approximate surface area is 91.9 Å². The van der Waals surface area contributed by atoms with E-state index in [1.54, 1.807) is 10.9 Å². The number of benzene rings is 1. The molecule has 0 radical (unpaired) electrons. The third-order valence-corrected chi connectivity index (χ3v) is 2.25. The number of nitrogens with two attached hydrogens (primary N) is 1. The second-order valence-corrected chi connectivity index (χ2v) is 3.27.